The Balaban J connectivity index is 1.29. The van der Waals surface area contributed by atoms with E-state index in [4.69, 9.17) is 31.5 Å². The molecule has 4 heterocycles. The Kier molecular flexibility index (Phi) is 8.41. The van der Waals surface area contributed by atoms with Crippen molar-refractivity contribution in [2.24, 2.45) is 11.7 Å². The molecule has 1 saturated heterocycles. The second-order valence-electron chi connectivity index (χ2n) is 9.92. The molecule has 40 heavy (non-hydrogen) atoms. The number of likely N-dealkylation sites (tertiary alicyclic amines) is 1. The number of ether oxygens (including phenoxy) is 3. The lowest BCUT2D eigenvalue weighted by molar-refractivity contribution is 0.0618. The topological polar surface area (TPSA) is 122 Å². The predicted octanol–water partition coefficient (Wildman–Crippen LogP) is 5.45. The lowest BCUT2D eigenvalue weighted by Gasteiger charge is -2.31. The number of rotatable bonds is 9. The maximum atomic E-state index is 12.3. The maximum Gasteiger partial charge on any atom is 0.409 e. The Bertz CT molecular complexity index is 1510. The molecule has 1 aliphatic rings. The number of amides is 2. The summed E-state index contributed by atoms with van der Waals surface area (Å²) in [6.07, 6.45) is 4.42. The average molecular weight is 584 g/mol. The summed E-state index contributed by atoms with van der Waals surface area (Å²) in [4.78, 5) is 35.0. The van der Waals surface area contributed by atoms with Crippen molar-refractivity contribution in [2.75, 3.05) is 19.7 Å². The largest absolute Gasteiger partial charge is 0.490 e. The SMILES string of the molecule is CC(C)COC(=O)N1CCC(Oc2ccc3ncn(-c4cc(OCc5cccnc5Cl)c(C(N)=O)s4)c3c2)CC1. The molecule has 12 heteroatoms. The Morgan fingerprint density at radius 1 is 1.18 bits per heavy atom. The van der Waals surface area contributed by atoms with E-state index in [-0.39, 0.29) is 18.8 Å². The van der Waals surface area contributed by atoms with E-state index in [9.17, 15) is 9.59 Å². The van der Waals surface area contributed by atoms with E-state index >= 15 is 0 Å². The summed E-state index contributed by atoms with van der Waals surface area (Å²) < 4.78 is 19.4. The second-order valence-corrected chi connectivity index (χ2v) is 11.3. The fourth-order valence-electron chi connectivity index (χ4n) is 4.36. The van der Waals surface area contributed by atoms with Crippen LogP contribution in [0.1, 0.15) is 41.9 Å². The number of piperidine rings is 1. The molecule has 1 aliphatic heterocycles. The van der Waals surface area contributed by atoms with Gasteiger partial charge in [0.25, 0.3) is 5.91 Å². The molecule has 1 fully saturated rings. The van der Waals surface area contributed by atoms with Gasteiger partial charge in [0.15, 0.2) is 0 Å². The summed E-state index contributed by atoms with van der Waals surface area (Å²) in [7, 11) is 0. The monoisotopic (exact) mass is 583 g/mol. The number of pyridine rings is 1. The molecule has 0 aliphatic carbocycles. The van der Waals surface area contributed by atoms with Crippen molar-refractivity contribution in [1.29, 1.82) is 0 Å². The number of carbonyl (C=O) groups is 2. The first-order chi connectivity index (χ1) is 19.3. The quantitative estimate of drug-likeness (QED) is 0.260. The molecular weight excluding hydrogens is 554 g/mol. The number of halogens is 1. The van der Waals surface area contributed by atoms with E-state index in [2.05, 4.69) is 9.97 Å². The van der Waals surface area contributed by atoms with Crippen molar-refractivity contribution in [1.82, 2.24) is 19.4 Å². The van der Waals surface area contributed by atoms with E-state index in [1.165, 1.54) is 11.3 Å². The molecule has 0 unspecified atom stereocenters. The minimum Gasteiger partial charge on any atom is -0.490 e. The summed E-state index contributed by atoms with van der Waals surface area (Å²) in [6, 6.07) is 11.0. The molecule has 0 atom stereocenters. The first-order valence-electron chi connectivity index (χ1n) is 13.0. The van der Waals surface area contributed by atoms with Crippen LogP contribution in [-0.4, -0.2) is 57.2 Å². The molecule has 210 valence electrons. The minimum absolute atomic E-state index is 0.0227. The van der Waals surface area contributed by atoms with Crippen LogP contribution < -0.4 is 15.2 Å². The smallest absolute Gasteiger partial charge is 0.409 e. The van der Waals surface area contributed by atoms with Crippen LogP contribution in [-0.2, 0) is 11.3 Å². The molecule has 3 aromatic heterocycles. The highest BCUT2D eigenvalue weighted by molar-refractivity contribution is 7.16. The third-order valence-electron chi connectivity index (χ3n) is 6.43. The zero-order valence-corrected chi connectivity index (χ0v) is 23.8. The number of carbonyl (C=O) groups excluding carboxylic acids is 2. The van der Waals surface area contributed by atoms with Crippen LogP contribution >= 0.6 is 22.9 Å². The van der Waals surface area contributed by atoms with Gasteiger partial charge >= 0.3 is 6.09 Å². The van der Waals surface area contributed by atoms with Crippen LogP contribution in [0, 0.1) is 5.92 Å². The highest BCUT2D eigenvalue weighted by Gasteiger charge is 2.25. The summed E-state index contributed by atoms with van der Waals surface area (Å²) >= 11 is 7.36. The van der Waals surface area contributed by atoms with E-state index in [1.54, 1.807) is 35.6 Å². The van der Waals surface area contributed by atoms with Gasteiger partial charge in [-0.05, 0) is 24.1 Å². The normalized spacial score (nSPS) is 14.1. The number of imidazole rings is 1. The zero-order valence-electron chi connectivity index (χ0n) is 22.2. The lowest BCUT2D eigenvalue weighted by Crippen LogP contribution is -2.42. The molecule has 0 saturated carbocycles. The number of nitrogens with zero attached hydrogens (tertiary/aromatic N) is 4. The van der Waals surface area contributed by atoms with Gasteiger partial charge in [0, 0.05) is 49.8 Å². The highest BCUT2D eigenvalue weighted by atomic mass is 35.5. The molecule has 4 aromatic rings. The number of nitrogens with two attached hydrogens (primary N) is 1. The zero-order chi connectivity index (χ0) is 28.2. The van der Waals surface area contributed by atoms with Crippen LogP contribution in [0.5, 0.6) is 11.5 Å². The molecular formula is C28H30ClN5O5S. The number of hydrogen-bond donors (Lipinski definition) is 1. The third kappa shape index (κ3) is 6.31. The Morgan fingerprint density at radius 2 is 1.98 bits per heavy atom. The summed E-state index contributed by atoms with van der Waals surface area (Å²) in [5.74, 6) is 0.774. The fraction of sp³-hybridized carbons (Fsp3) is 0.357. The number of benzene rings is 1. The van der Waals surface area contributed by atoms with Gasteiger partial charge in [0.05, 0.1) is 17.6 Å². The van der Waals surface area contributed by atoms with Gasteiger partial charge in [-0.25, -0.2) is 14.8 Å². The molecule has 0 spiro atoms. The minimum atomic E-state index is -0.587. The summed E-state index contributed by atoms with van der Waals surface area (Å²) in [5, 5.41) is 1.05. The summed E-state index contributed by atoms with van der Waals surface area (Å²) in [6.45, 7) is 5.75. The van der Waals surface area contributed by atoms with Gasteiger partial charge in [0.2, 0.25) is 0 Å². The molecule has 10 nitrogen and oxygen atoms in total. The Morgan fingerprint density at radius 3 is 2.70 bits per heavy atom. The van der Waals surface area contributed by atoms with Crippen molar-refractivity contribution in [3.8, 4) is 16.5 Å². The number of fused-ring (bicyclic) bond motifs is 1. The maximum absolute atomic E-state index is 12.3. The highest BCUT2D eigenvalue weighted by Crippen LogP contribution is 2.35. The Labute approximate surface area is 240 Å². The third-order valence-corrected chi connectivity index (χ3v) is 7.90. The number of aromatic nitrogens is 3. The molecule has 0 radical (unpaired) electrons. The molecule has 2 N–H and O–H groups in total. The van der Waals surface area contributed by atoms with Gasteiger partial charge in [-0.2, -0.15) is 0 Å². The van der Waals surface area contributed by atoms with Gasteiger partial charge < -0.3 is 24.8 Å². The van der Waals surface area contributed by atoms with E-state index in [1.807, 2.05) is 36.6 Å². The number of primary amides is 1. The van der Waals surface area contributed by atoms with Crippen molar-refractivity contribution in [3.05, 3.63) is 64.5 Å². The lowest BCUT2D eigenvalue weighted by atomic mass is 10.1. The van der Waals surface area contributed by atoms with Crippen LogP contribution in [0.2, 0.25) is 5.15 Å². The predicted molar refractivity (Wildman–Crippen MR) is 152 cm³/mol. The average Bonchev–Trinajstić information content (AvgIpc) is 3.56. The van der Waals surface area contributed by atoms with Crippen LogP contribution in [0.3, 0.4) is 0 Å². The second kappa shape index (κ2) is 12.1. The molecule has 5 rings (SSSR count). The summed E-state index contributed by atoms with van der Waals surface area (Å²) in [5.41, 5.74) is 7.93. The van der Waals surface area contributed by atoms with Crippen LogP contribution in [0.4, 0.5) is 4.79 Å². The van der Waals surface area contributed by atoms with Gasteiger partial charge in [-0.3, -0.25) is 9.36 Å². The van der Waals surface area contributed by atoms with E-state index in [0.29, 0.717) is 70.5 Å². The van der Waals surface area contributed by atoms with Crippen molar-refractivity contribution in [3.63, 3.8) is 0 Å². The first kappa shape index (κ1) is 27.7. The first-order valence-corrected chi connectivity index (χ1v) is 14.2. The van der Waals surface area contributed by atoms with Crippen molar-refractivity contribution < 1.29 is 23.8 Å². The number of hydrogen-bond acceptors (Lipinski definition) is 8. The molecule has 2 amide bonds. The van der Waals surface area contributed by atoms with E-state index < -0.39 is 5.91 Å². The molecule has 0 bridgehead atoms. The van der Waals surface area contributed by atoms with Gasteiger partial charge in [0.1, 0.15) is 45.6 Å². The standard InChI is InChI=1S/C28H30ClN5O5S/c1-17(2)14-38-28(36)33-10-7-19(8-11-33)39-20-5-6-21-22(12-20)34(16-32-21)24-13-23(25(40-24)27(30)35)37-15-18-4-3-9-31-26(18)29/h3-6,9,12-13,16-17,19H,7-8,10-11,14-15H2,1-2H3,(H2,30,35). The van der Waals surface area contributed by atoms with Crippen LogP contribution in [0.25, 0.3) is 16.0 Å². The number of thiophene rings is 1. The van der Waals surface area contributed by atoms with Crippen molar-refractivity contribution in [2.45, 2.75) is 39.4 Å². The van der Waals surface area contributed by atoms with Crippen LogP contribution in [0.15, 0.2) is 48.9 Å². The van der Waals surface area contributed by atoms with Gasteiger partial charge in [-0.1, -0.05) is 31.5 Å². The van der Waals surface area contributed by atoms with Crippen molar-refractivity contribution >= 4 is 46.0 Å². The van der Waals surface area contributed by atoms with Gasteiger partial charge in [-0.15, -0.1) is 11.3 Å². The fourth-order valence-corrected chi connectivity index (χ4v) is 5.47. The van der Waals surface area contributed by atoms with E-state index in [0.717, 1.165) is 11.0 Å². The molecule has 1 aromatic carbocycles. The Hall–Kier alpha value is -3.83.